The minimum atomic E-state index is -4.94. The molecule has 0 spiro atoms. The number of nitrogen functional groups attached to an aromatic ring is 1. The van der Waals surface area contributed by atoms with Crippen molar-refractivity contribution in [2.45, 2.75) is 18.6 Å². The molecule has 0 radical (unpaired) electrons. The minimum Gasteiger partial charge on any atom is -0.405 e. The number of nitrogens with two attached hydrogens (primary N) is 1. The molecule has 0 aliphatic rings. The number of aliphatic hydroxyl groups is 3. The van der Waals surface area contributed by atoms with E-state index in [0.29, 0.717) is 0 Å². The van der Waals surface area contributed by atoms with Crippen LogP contribution in [0.1, 0.15) is 11.7 Å². The first kappa shape index (κ1) is 14.6. The van der Waals surface area contributed by atoms with E-state index in [9.17, 15) is 23.4 Å². The van der Waals surface area contributed by atoms with Crippen LogP contribution in [0.3, 0.4) is 0 Å². The van der Waals surface area contributed by atoms with Crippen LogP contribution in [0.25, 0.3) is 0 Å². The molecule has 18 heavy (non-hydrogen) atoms. The van der Waals surface area contributed by atoms with Crippen LogP contribution in [-0.2, 0) is 0 Å². The van der Waals surface area contributed by atoms with Crippen molar-refractivity contribution in [3.05, 3.63) is 23.8 Å². The lowest BCUT2D eigenvalue weighted by atomic mass is 10.0. The number of ether oxygens (including phenoxy) is 1. The topological polar surface area (TPSA) is 95.9 Å². The summed E-state index contributed by atoms with van der Waals surface area (Å²) in [5.74, 6) is -0.684. The Bertz CT molecular complexity index is 411. The first-order valence-electron chi connectivity index (χ1n) is 4.86. The predicted molar refractivity (Wildman–Crippen MR) is 55.6 cm³/mol. The van der Waals surface area contributed by atoms with Crippen molar-refractivity contribution >= 4 is 5.69 Å². The van der Waals surface area contributed by atoms with E-state index in [4.69, 9.17) is 10.8 Å². The third-order valence-corrected chi connectivity index (χ3v) is 2.13. The lowest BCUT2D eigenvalue weighted by molar-refractivity contribution is -0.275. The largest absolute Gasteiger partial charge is 0.573 e. The van der Waals surface area contributed by atoms with Gasteiger partial charge in [0, 0.05) is 11.3 Å². The Hall–Kier alpha value is -1.51. The van der Waals surface area contributed by atoms with Gasteiger partial charge in [-0.2, -0.15) is 0 Å². The molecule has 0 aromatic heterocycles. The minimum absolute atomic E-state index is 0.0868. The highest BCUT2D eigenvalue weighted by molar-refractivity contribution is 5.49. The molecule has 0 aliphatic heterocycles. The summed E-state index contributed by atoms with van der Waals surface area (Å²) in [7, 11) is 0. The first-order chi connectivity index (χ1) is 8.24. The van der Waals surface area contributed by atoms with E-state index in [-0.39, 0.29) is 11.3 Å². The molecule has 1 aromatic rings. The van der Waals surface area contributed by atoms with E-state index >= 15 is 0 Å². The fourth-order valence-electron chi connectivity index (χ4n) is 1.32. The van der Waals surface area contributed by atoms with Crippen LogP contribution in [0.5, 0.6) is 5.75 Å². The Kier molecular flexibility index (Phi) is 4.38. The molecular formula is C10H12F3NO4. The second-order valence-electron chi connectivity index (χ2n) is 3.54. The summed E-state index contributed by atoms with van der Waals surface area (Å²) in [4.78, 5) is 0. The summed E-state index contributed by atoms with van der Waals surface area (Å²) in [5.41, 5.74) is 5.11. The van der Waals surface area contributed by atoms with E-state index in [1.54, 1.807) is 0 Å². The fourth-order valence-corrected chi connectivity index (χ4v) is 1.32. The molecule has 0 heterocycles. The molecule has 102 valence electrons. The van der Waals surface area contributed by atoms with Gasteiger partial charge in [-0.25, -0.2) is 0 Å². The second-order valence-corrected chi connectivity index (χ2v) is 3.54. The highest BCUT2D eigenvalue weighted by Crippen LogP contribution is 2.33. The van der Waals surface area contributed by atoms with Gasteiger partial charge in [-0.05, 0) is 18.2 Å². The SMILES string of the molecule is Nc1ccc(OC(F)(F)F)c(C(O)C(O)CO)c1. The van der Waals surface area contributed by atoms with Crippen LogP contribution in [0.4, 0.5) is 18.9 Å². The average Bonchev–Trinajstić information content (AvgIpc) is 2.27. The maximum Gasteiger partial charge on any atom is 0.573 e. The quantitative estimate of drug-likeness (QED) is 0.598. The van der Waals surface area contributed by atoms with Crippen LogP contribution in [0, 0.1) is 0 Å². The van der Waals surface area contributed by atoms with Crippen LogP contribution in [0.2, 0.25) is 0 Å². The van der Waals surface area contributed by atoms with Gasteiger partial charge in [0.05, 0.1) is 6.61 Å². The number of alkyl halides is 3. The third kappa shape index (κ3) is 3.76. The zero-order valence-corrected chi connectivity index (χ0v) is 9.05. The molecule has 0 amide bonds. The summed E-state index contributed by atoms with van der Waals surface area (Å²) in [6.07, 6.45) is -8.31. The van der Waals surface area contributed by atoms with Crippen LogP contribution in [-0.4, -0.2) is 34.4 Å². The second kappa shape index (κ2) is 5.42. The molecule has 0 bridgehead atoms. The number of aliphatic hydroxyl groups excluding tert-OH is 3. The van der Waals surface area contributed by atoms with Crippen molar-refractivity contribution in [2.24, 2.45) is 0 Å². The van der Waals surface area contributed by atoms with E-state index in [1.165, 1.54) is 0 Å². The Labute approximate surface area is 100 Å². The van der Waals surface area contributed by atoms with Crippen LogP contribution < -0.4 is 10.5 Å². The maximum atomic E-state index is 12.1. The Balaban J connectivity index is 3.11. The number of halogens is 3. The zero-order chi connectivity index (χ0) is 13.9. The van der Waals surface area contributed by atoms with Crippen molar-refractivity contribution < 1.29 is 33.2 Å². The molecular weight excluding hydrogens is 255 g/mol. The fraction of sp³-hybridized carbons (Fsp3) is 0.400. The van der Waals surface area contributed by atoms with Crippen molar-refractivity contribution in [1.82, 2.24) is 0 Å². The van der Waals surface area contributed by atoms with Gasteiger partial charge in [0.2, 0.25) is 0 Å². The zero-order valence-electron chi connectivity index (χ0n) is 9.05. The number of benzene rings is 1. The molecule has 0 saturated heterocycles. The summed E-state index contributed by atoms with van der Waals surface area (Å²) >= 11 is 0. The van der Waals surface area contributed by atoms with Gasteiger partial charge in [0.25, 0.3) is 0 Å². The van der Waals surface area contributed by atoms with Gasteiger partial charge >= 0.3 is 6.36 Å². The van der Waals surface area contributed by atoms with Gasteiger partial charge in [-0.15, -0.1) is 13.2 Å². The van der Waals surface area contributed by atoms with Gasteiger partial charge in [-0.1, -0.05) is 0 Å². The molecule has 2 atom stereocenters. The van der Waals surface area contributed by atoms with Crippen molar-refractivity contribution in [3.63, 3.8) is 0 Å². The smallest absolute Gasteiger partial charge is 0.405 e. The molecule has 0 aliphatic carbocycles. The van der Waals surface area contributed by atoms with Crippen LogP contribution in [0.15, 0.2) is 18.2 Å². The molecule has 2 unspecified atom stereocenters. The molecule has 5 N–H and O–H groups in total. The van der Waals surface area contributed by atoms with E-state index in [1.807, 2.05) is 0 Å². The maximum absolute atomic E-state index is 12.1. The van der Waals surface area contributed by atoms with Crippen molar-refractivity contribution in [2.75, 3.05) is 12.3 Å². The summed E-state index contributed by atoms with van der Waals surface area (Å²) in [6.45, 7) is -0.818. The Morgan fingerprint density at radius 2 is 1.89 bits per heavy atom. The summed E-state index contributed by atoms with van der Waals surface area (Å²) in [6, 6.07) is 3.11. The van der Waals surface area contributed by atoms with Crippen molar-refractivity contribution in [1.29, 1.82) is 0 Å². The average molecular weight is 267 g/mol. The summed E-state index contributed by atoms with van der Waals surface area (Å²) in [5, 5.41) is 27.4. The summed E-state index contributed by atoms with van der Waals surface area (Å²) < 4.78 is 40.1. The predicted octanol–water partition coefficient (Wildman–Crippen LogP) is 0.554. The van der Waals surface area contributed by atoms with Crippen molar-refractivity contribution in [3.8, 4) is 5.75 Å². The number of hydrogen-bond donors (Lipinski definition) is 4. The molecule has 8 heteroatoms. The highest BCUT2D eigenvalue weighted by Gasteiger charge is 2.33. The van der Waals surface area contributed by atoms with Gasteiger partial charge in [0.15, 0.2) is 0 Å². The standard InChI is InChI=1S/C10H12F3NO4/c11-10(12,13)18-8-2-1-5(14)3-6(8)9(17)7(16)4-15/h1-3,7,9,15-17H,4,14H2. The van der Waals surface area contributed by atoms with E-state index in [0.717, 1.165) is 18.2 Å². The number of rotatable bonds is 4. The molecule has 1 rings (SSSR count). The lowest BCUT2D eigenvalue weighted by Crippen LogP contribution is -2.24. The van der Waals surface area contributed by atoms with Crippen LogP contribution >= 0.6 is 0 Å². The molecule has 1 aromatic carbocycles. The van der Waals surface area contributed by atoms with Gasteiger partial charge in [-0.3, -0.25) is 0 Å². The van der Waals surface area contributed by atoms with Gasteiger partial charge < -0.3 is 25.8 Å². The molecule has 5 nitrogen and oxygen atoms in total. The molecule has 0 fully saturated rings. The van der Waals surface area contributed by atoms with E-state index < -0.39 is 30.9 Å². The Morgan fingerprint density at radius 3 is 2.39 bits per heavy atom. The highest BCUT2D eigenvalue weighted by atomic mass is 19.4. The molecule has 0 saturated carbocycles. The number of hydrogen-bond acceptors (Lipinski definition) is 5. The van der Waals surface area contributed by atoms with E-state index in [2.05, 4.69) is 4.74 Å². The third-order valence-electron chi connectivity index (χ3n) is 2.13. The first-order valence-corrected chi connectivity index (χ1v) is 4.86. The van der Waals surface area contributed by atoms with Gasteiger partial charge in [0.1, 0.15) is 18.0 Å². The lowest BCUT2D eigenvalue weighted by Gasteiger charge is -2.20. The normalized spacial score (nSPS) is 15.2. The number of anilines is 1. The monoisotopic (exact) mass is 267 g/mol. The Morgan fingerprint density at radius 1 is 1.28 bits per heavy atom.